The molecule has 110 valence electrons. The van der Waals surface area contributed by atoms with Gasteiger partial charge in [0.2, 0.25) is 5.91 Å². The van der Waals surface area contributed by atoms with Gasteiger partial charge in [0.1, 0.15) is 18.9 Å². The fourth-order valence-corrected chi connectivity index (χ4v) is 1.80. The van der Waals surface area contributed by atoms with Crippen LogP contribution in [0.5, 0.6) is 5.75 Å². The number of aromatic nitrogens is 1. The molecule has 1 aromatic carbocycles. The summed E-state index contributed by atoms with van der Waals surface area (Å²) < 4.78 is 6.92. The van der Waals surface area contributed by atoms with E-state index in [1.807, 2.05) is 30.3 Å². The number of rotatable bonds is 6. The normalized spacial score (nSPS) is 10.1. The fraction of sp³-hybridized carbons (Fsp3) is 0.250. The molecule has 21 heavy (non-hydrogen) atoms. The third kappa shape index (κ3) is 4.49. The molecule has 2 rings (SSSR count). The van der Waals surface area contributed by atoms with Crippen LogP contribution < -0.4 is 10.3 Å². The molecule has 0 saturated carbocycles. The van der Waals surface area contributed by atoms with Crippen molar-refractivity contribution in [2.75, 3.05) is 20.2 Å². The molecule has 1 aromatic heterocycles. The highest BCUT2D eigenvalue weighted by Crippen LogP contribution is 2.07. The summed E-state index contributed by atoms with van der Waals surface area (Å²) in [6.07, 6.45) is 1.61. The number of carbonyl (C=O) groups excluding carboxylic acids is 1. The van der Waals surface area contributed by atoms with Gasteiger partial charge in [-0.2, -0.15) is 0 Å². The maximum Gasteiger partial charge on any atom is 0.250 e. The maximum atomic E-state index is 12.0. The van der Waals surface area contributed by atoms with E-state index in [1.54, 1.807) is 30.3 Å². The molecule has 0 radical (unpaired) electrons. The van der Waals surface area contributed by atoms with Gasteiger partial charge in [-0.25, -0.2) is 0 Å². The van der Waals surface area contributed by atoms with Gasteiger partial charge in [-0.15, -0.1) is 0 Å². The Morgan fingerprint density at radius 3 is 2.57 bits per heavy atom. The molecule has 0 aliphatic rings. The summed E-state index contributed by atoms with van der Waals surface area (Å²) in [7, 11) is 1.70. The Bertz CT molecular complexity index is 637. The standard InChI is InChI=1S/C16H18N2O3/c1-17(11-12-21-14-7-3-2-4-8-14)16(20)13-18-10-6-5-9-15(18)19/h2-10H,11-13H2,1H3. The van der Waals surface area contributed by atoms with Crippen LogP contribution >= 0.6 is 0 Å². The van der Waals surface area contributed by atoms with Gasteiger partial charge in [-0.05, 0) is 18.2 Å². The van der Waals surface area contributed by atoms with Crippen molar-refractivity contribution in [1.82, 2.24) is 9.47 Å². The van der Waals surface area contributed by atoms with E-state index in [4.69, 9.17) is 4.74 Å². The monoisotopic (exact) mass is 286 g/mol. The number of hydrogen-bond donors (Lipinski definition) is 0. The summed E-state index contributed by atoms with van der Waals surface area (Å²) in [5.74, 6) is 0.651. The summed E-state index contributed by atoms with van der Waals surface area (Å²) in [5, 5.41) is 0. The molecular weight excluding hydrogens is 268 g/mol. The van der Waals surface area contributed by atoms with E-state index in [0.717, 1.165) is 5.75 Å². The molecule has 0 atom stereocenters. The van der Waals surface area contributed by atoms with Crippen LogP contribution in [0.3, 0.4) is 0 Å². The zero-order valence-corrected chi connectivity index (χ0v) is 11.9. The first-order chi connectivity index (χ1) is 10.2. The van der Waals surface area contributed by atoms with E-state index >= 15 is 0 Å². The van der Waals surface area contributed by atoms with Crippen molar-refractivity contribution in [3.63, 3.8) is 0 Å². The first kappa shape index (κ1) is 14.8. The summed E-state index contributed by atoms with van der Waals surface area (Å²) in [6, 6.07) is 14.3. The first-order valence-electron chi connectivity index (χ1n) is 6.74. The molecule has 5 heteroatoms. The van der Waals surface area contributed by atoms with E-state index in [-0.39, 0.29) is 18.0 Å². The molecule has 0 unspecified atom stereocenters. The van der Waals surface area contributed by atoms with Gasteiger partial charge in [0, 0.05) is 19.3 Å². The number of hydrogen-bond acceptors (Lipinski definition) is 3. The van der Waals surface area contributed by atoms with Crippen LogP contribution in [0.15, 0.2) is 59.5 Å². The molecule has 2 aromatic rings. The molecular formula is C16H18N2O3. The molecule has 0 bridgehead atoms. The first-order valence-corrected chi connectivity index (χ1v) is 6.74. The van der Waals surface area contributed by atoms with Crippen LogP contribution in [0.25, 0.3) is 0 Å². The van der Waals surface area contributed by atoms with E-state index in [9.17, 15) is 9.59 Å². The molecule has 0 fully saturated rings. The summed E-state index contributed by atoms with van der Waals surface area (Å²) >= 11 is 0. The van der Waals surface area contributed by atoms with Crippen molar-refractivity contribution >= 4 is 5.91 Å². The van der Waals surface area contributed by atoms with E-state index in [2.05, 4.69) is 0 Å². The second kappa shape index (κ2) is 7.28. The van der Waals surface area contributed by atoms with Gasteiger partial charge in [-0.1, -0.05) is 24.3 Å². The van der Waals surface area contributed by atoms with Crippen molar-refractivity contribution in [2.45, 2.75) is 6.54 Å². The smallest absolute Gasteiger partial charge is 0.250 e. The Kier molecular flexibility index (Phi) is 5.15. The highest BCUT2D eigenvalue weighted by molar-refractivity contribution is 5.75. The lowest BCUT2D eigenvalue weighted by Crippen LogP contribution is -2.35. The fourth-order valence-electron chi connectivity index (χ4n) is 1.80. The van der Waals surface area contributed by atoms with Gasteiger partial charge < -0.3 is 14.2 Å². The van der Waals surface area contributed by atoms with Gasteiger partial charge in [0.15, 0.2) is 0 Å². The Morgan fingerprint density at radius 2 is 1.86 bits per heavy atom. The minimum Gasteiger partial charge on any atom is -0.492 e. The van der Waals surface area contributed by atoms with Crippen LogP contribution in [0.2, 0.25) is 0 Å². The molecule has 1 heterocycles. The van der Waals surface area contributed by atoms with Gasteiger partial charge >= 0.3 is 0 Å². The number of likely N-dealkylation sites (N-methyl/N-ethyl adjacent to an activating group) is 1. The number of benzene rings is 1. The zero-order valence-electron chi connectivity index (χ0n) is 11.9. The van der Waals surface area contributed by atoms with Gasteiger partial charge in [0.25, 0.3) is 5.56 Å². The lowest BCUT2D eigenvalue weighted by Gasteiger charge is -2.18. The predicted octanol–water partition coefficient (Wildman–Crippen LogP) is 1.39. The number of amides is 1. The van der Waals surface area contributed by atoms with Gasteiger partial charge in [-0.3, -0.25) is 9.59 Å². The molecule has 5 nitrogen and oxygen atoms in total. The molecule has 1 amide bonds. The second-order valence-electron chi connectivity index (χ2n) is 4.64. The molecule has 0 aliphatic carbocycles. The summed E-state index contributed by atoms with van der Waals surface area (Å²) in [4.78, 5) is 25.1. The van der Waals surface area contributed by atoms with Crippen molar-refractivity contribution in [3.05, 3.63) is 65.1 Å². The van der Waals surface area contributed by atoms with Crippen LogP contribution in [-0.4, -0.2) is 35.6 Å². The average Bonchev–Trinajstić information content (AvgIpc) is 2.50. The Hall–Kier alpha value is -2.56. The average molecular weight is 286 g/mol. The summed E-state index contributed by atoms with van der Waals surface area (Å²) in [5.41, 5.74) is -0.181. The highest BCUT2D eigenvalue weighted by atomic mass is 16.5. The third-order valence-corrected chi connectivity index (χ3v) is 3.07. The van der Waals surface area contributed by atoms with E-state index in [1.165, 1.54) is 10.6 Å². The number of para-hydroxylation sites is 1. The highest BCUT2D eigenvalue weighted by Gasteiger charge is 2.09. The Morgan fingerprint density at radius 1 is 1.14 bits per heavy atom. The molecule has 0 saturated heterocycles. The van der Waals surface area contributed by atoms with Crippen molar-refractivity contribution in [3.8, 4) is 5.75 Å². The Balaban J connectivity index is 1.80. The van der Waals surface area contributed by atoms with Crippen molar-refractivity contribution in [2.24, 2.45) is 0 Å². The van der Waals surface area contributed by atoms with E-state index < -0.39 is 0 Å². The van der Waals surface area contributed by atoms with Crippen LogP contribution in [0, 0.1) is 0 Å². The lowest BCUT2D eigenvalue weighted by atomic mass is 10.3. The molecule has 0 N–H and O–H groups in total. The Labute approximate surface area is 123 Å². The minimum atomic E-state index is -0.181. The van der Waals surface area contributed by atoms with Crippen molar-refractivity contribution < 1.29 is 9.53 Å². The van der Waals surface area contributed by atoms with Crippen LogP contribution in [-0.2, 0) is 11.3 Å². The zero-order chi connectivity index (χ0) is 15.1. The summed E-state index contributed by atoms with van der Waals surface area (Å²) in [6.45, 7) is 0.923. The predicted molar refractivity (Wildman–Crippen MR) is 80.3 cm³/mol. The lowest BCUT2D eigenvalue weighted by molar-refractivity contribution is -0.130. The number of ether oxygens (including phenoxy) is 1. The van der Waals surface area contributed by atoms with Gasteiger partial charge in [0.05, 0.1) is 6.54 Å². The van der Waals surface area contributed by atoms with Crippen molar-refractivity contribution in [1.29, 1.82) is 0 Å². The quantitative estimate of drug-likeness (QED) is 0.806. The topological polar surface area (TPSA) is 51.5 Å². The third-order valence-electron chi connectivity index (χ3n) is 3.07. The largest absolute Gasteiger partial charge is 0.492 e. The minimum absolute atomic E-state index is 0.0432. The number of carbonyl (C=O) groups is 1. The molecule has 0 aliphatic heterocycles. The number of nitrogens with zero attached hydrogens (tertiary/aromatic N) is 2. The van der Waals surface area contributed by atoms with Crippen LogP contribution in [0.4, 0.5) is 0 Å². The van der Waals surface area contributed by atoms with Crippen LogP contribution in [0.1, 0.15) is 0 Å². The number of pyridine rings is 1. The maximum absolute atomic E-state index is 12.0. The molecule has 0 spiro atoms. The SMILES string of the molecule is CN(CCOc1ccccc1)C(=O)Cn1ccccc1=O. The second-order valence-corrected chi connectivity index (χ2v) is 4.64. The van der Waals surface area contributed by atoms with E-state index in [0.29, 0.717) is 13.2 Å².